The van der Waals surface area contributed by atoms with E-state index in [1.54, 1.807) is 20.8 Å². The minimum absolute atomic E-state index is 0.383. The average molecular weight is 219 g/mol. The van der Waals surface area contributed by atoms with Crippen LogP contribution in [-0.4, -0.2) is 16.7 Å². The predicted molar refractivity (Wildman–Crippen MR) is 58.8 cm³/mol. The van der Waals surface area contributed by atoms with Crippen molar-refractivity contribution < 1.29 is 9.53 Å². The summed E-state index contributed by atoms with van der Waals surface area (Å²) in [7, 11) is 0. The van der Waals surface area contributed by atoms with Crippen molar-refractivity contribution in [3.63, 3.8) is 0 Å². The fourth-order valence-electron chi connectivity index (χ4n) is 0.991. The van der Waals surface area contributed by atoms with Gasteiger partial charge in [0.1, 0.15) is 11.7 Å². The number of hydrogen-bond donors (Lipinski definition) is 1. The second-order valence-electron chi connectivity index (χ2n) is 4.20. The Morgan fingerprint density at radius 1 is 1.50 bits per heavy atom. The molecule has 84 valence electrons. The zero-order valence-electron chi connectivity index (χ0n) is 9.44. The lowest BCUT2D eigenvalue weighted by atomic mass is 10.2. The fraction of sp³-hybridized carbons (Fsp3) is 0.364. The summed E-state index contributed by atoms with van der Waals surface area (Å²) in [5.41, 5.74) is 0.270. The normalized spacial score (nSPS) is 10.4. The molecule has 1 aromatic rings. The van der Waals surface area contributed by atoms with Crippen molar-refractivity contribution in [1.82, 2.24) is 4.98 Å². The van der Waals surface area contributed by atoms with Crippen LogP contribution in [0.4, 0.5) is 10.5 Å². The van der Waals surface area contributed by atoms with Crippen LogP contribution >= 0.6 is 0 Å². The Morgan fingerprint density at radius 2 is 2.19 bits per heavy atom. The van der Waals surface area contributed by atoms with Gasteiger partial charge in [0.25, 0.3) is 0 Å². The number of nitrogens with one attached hydrogen (secondary N) is 1. The molecule has 1 aromatic heterocycles. The third-order valence-corrected chi connectivity index (χ3v) is 1.51. The molecule has 1 amide bonds. The van der Waals surface area contributed by atoms with Crippen LogP contribution in [0.25, 0.3) is 0 Å². The Kier molecular flexibility index (Phi) is 3.46. The molecule has 0 aliphatic carbocycles. The van der Waals surface area contributed by atoms with E-state index in [1.807, 2.05) is 6.07 Å². The summed E-state index contributed by atoms with van der Waals surface area (Å²) in [6.07, 6.45) is 2.30. The van der Waals surface area contributed by atoms with Gasteiger partial charge >= 0.3 is 6.09 Å². The Hall–Kier alpha value is -2.09. The lowest BCUT2D eigenvalue weighted by Gasteiger charge is -2.19. The molecule has 0 saturated heterocycles. The monoisotopic (exact) mass is 219 g/mol. The minimum Gasteiger partial charge on any atom is -0.444 e. The lowest BCUT2D eigenvalue weighted by Crippen LogP contribution is -2.27. The van der Waals surface area contributed by atoms with Gasteiger partial charge in [0.05, 0.1) is 17.4 Å². The Balaban J connectivity index is 2.67. The van der Waals surface area contributed by atoms with Gasteiger partial charge < -0.3 is 4.74 Å². The molecule has 0 aliphatic heterocycles. The summed E-state index contributed by atoms with van der Waals surface area (Å²) >= 11 is 0. The maximum Gasteiger partial charge on any atom is 0.412 e. The van der Waals surface area contributed by atoms with Crippen LogP contribution in [0.5, 0.6) is 0 Å². The molecular formula is C11H13N3O2. The van der Waals surface area contributed by atoms with E-state index in [4.69, 9.17) is 10.00 Å². The number of pyridine rings is 1. The van der Waals surface area contributed by atoms with Gasteiger partial charge in [-0.25, -0.2) is 4.79 Å². The van der Waals surface area contributed by atoms with Crippen molar-refractivity contribution in [2.45, 2.75) is 26.4 Å². The zero-order valence-corrected chi connectivity index (χ0v) is 9.44. The number of nitrogens with zero attached hydrogens (tertiary/aromatic N) is 2. The number of anilines is 1. The van der Waals surface area contributed by atoms with E-state index in [1.165, 1.54) is 18.5 Å². The first kappa shape index (κ1) is 12.0. The van der Waals surface area contributed by atoms with Crippen LogP contribution < -0.4 is 5.32 Å². The van der Waals surface area contributed by atoms with Gasteiger partial charge in [-0.05, 0) is 26.8 Å². The van der Waals surface area contributed by atoms with Crippen molar-refractivity contribution in [3.8, 4) is 6.07 Å². The first-order valence-corrected chi connectivity index (χ1v) is 4.76. The molecular weight excluding hydrogens is 206 g/mol. The number of amides is 1. The first-order chi connectivity index (χ1) is 7.40. The minimum atomic E-state index is -0.565. The van der Waals surface area contributed by atoms with Crippen molar-refractivity contribution in [1.29, 1.82) is 5.26 Å². The highest BCUT2D eigenvalue weighted by Gasteiger charge is 2.16. The van der Waals surface area contributed by atoms with E-state index >= 15 is 0 Å². The van der Waals surface area contributed by atoms with Gasteiger partial charge in [0, 0.05) is 6.20 Å². The maximum absolute atomic E-state index is 11.4. The van der Waals surface area contributed by atoms with Gasteiger partial charge in [0.15, 0.2) is 0 Å². The third kappa shape index (κ3) is 3.96. The number of nitriles is 1. The maximum atomic E-state index is 11.4. The molecule has 5 nitrogen and oxygen atoms in total. The largest absolute Gasteiger partial charge is 0.444 e. The summed E-state index contributed by atoms with van der Waals surface area (Å²) in [5, 5.41) is 11.1. The number of rotatable bonds is 1. The first-order valence-electron chi connectivity index (χ1n) is 4.76. The van der Waals surface area contributed by atoms with Crippen LogP contribution in [0.15, 0.2) is 18.5 Å². The summed E-state index contributed by atoms with van der Waals surface area (Å²) < 4.78 is 5.05. The standard InChI is InChI=1S/C11H13N3O2/c1-11(2,3)16-10(15)14-9-4-8(5-12)6-13-7-9/h4,6-7H,1-3H3,(H,14,15). The molecule has 0 aromatic carbocycles. The predicted octanol–water partition coefficient (Wildman–Crippen LogP) is 2.30. The topological polar surface area (TPSA) is 75.0 Å². The van der Waals surface area contributed by atoms with Gasteiger partial charge in [0.2, 0.25) is 0 Å². The third-order valence-electron chi connectivity index (χ3n) is 1.51. The Bertz CT molecular complexity index is 430. The van der Waals surface area contributed by atoms with E-state index in [2.05, 4.69) is 10.3 Å². The quantitative estimate of drug-likeness (QED) is 0.786. The summed E-state index contributed by atoms with van der Waals surface area (Å²) in [6.45, 7) is 5.32. The molecule has 1 heterocycles. The highest BCUT2D eigenvalue weighted by atomic mass is 16.6. The zero-order chi connectivity index (χ0) is 12.2. The molecule has 0 saturated carbocycles. The molecule has 0 atom stereocenters. The molecule has 0 bridgehead atoms. The van der Waals surface area contributed by atoms with Crippen LogP contribution in [0, 0.1) is 11.3 Å². The highest BCUT2D eigenvalue weighted by molar-refractivity contribution is 5.84. The lowest BCUT2D eigenvalue weighted by molar-refractivity contribution is 0.0636. The summed E-state index contributed by atoms with van der Waals surface area (Å²) in [4.78, 5) is 15.2. The number of carbonyl (C=O) groups excluding carboxylic acids is 1. The second kappa shape index (κ2) is 4.62. The molecule has 1 rings (SSSR count). The smallest absolute Gasteiger partial charge is 0.412 e. The van der Waals surface area contributed by atoms with E-state index in [0.29, 0.717) is 11.3 Å². The van der Waals surface area contributed by atoms with E-state index < -0.39 is 11.7 Å². The van der Waals surface area contributed by atoms with Crippen molar-refractivity contribution in [2.75, 3.05) is 5.32 Å². The van der Waals surface area contributed by atoms with Crippen LogP contribution in [0.1, 0.15) is 26.3 Å². The number of aromatic nitrogens is 1. The van der Waals surface area contributed by atoms with Gasteiger partial charge in [-0.15, -0.1) is 0 Å². The Morgan fingerprint density at radius 3 is 2.75 bits per heavy atom. The fourth-order valence-corrected chi connectivity index (χ4v) is 0.991. The Labute approximate surface area is 94.1 Å². The van der Waals surface area contributed by atoms with Gasteiger partial charge in [-0.2, -0.15) is 5.26 Å². The molecule has 16 heavy (non-hydrogen) atoms. The average Bonchev–Trinajstić information content (AvgIpc) is 2.15. The van der Waals surface area contributed by atoms with Crippen molar-refractivity contribution in [2.24, 2.45) is 0 Å². The SMILES string of the molecule is CC(C)(C)OC(=O)Nc1cncc(C#N)c1. The van der Waals surface area contributed by atoms with E-state index in [-0.39, 0.29) is 0 Å². The van der Waals surface area contributed by atoms with Crippen LogP contribution in [0.2, 0.25) is 0 Å². The van der Waals surface area contributed by atoms with Crippen LogP contribution in [0.3, 0.4) is 0 Å². The number of ether oxygens (including phenoxy) is 1. The van der Waals surface area contributed by atoms with Gasteiger partial charge in [-0.3, -0.25) is 10.3 Å². The molecule has 1 N–H and O–H groups in total. The molecule has 0 fully saturated rings. The molecule has 5 heteroatoms. The highest BCUT2D eigenvalue weighted by Crippen LogP contribution is 2.11. The molecule has 0 spiro atoms. The molecule has 0 unspecified atom stereocenters. The second-order valence-corrected chi connectivity index (χ2v) is 4.20. The van der Waals surface area contributed by atoms with E-state index in [9.17, 15) is 4.79 Å². The molecule has 0 radical (unpaired) electrons. The summed E-state index contributed by atoms with van der Waals surface area (Å²) in [5.74, 6) is 0. The summed E-state index contributed by atoms with van der Waals surface area (Å²) in [6, 6.07) is 3.46. The van der Waals surface area contributed by atoms with Crippen LogP contribution in [-0.2, 0) is 4.74 Å². The van der Waals surface area contributed by atoms with Gasteiger partial charge in [-0.1, -0.05) is 0 Å². The van der Waals surface area contributed by atoms with E-state index in [0.717, 1.165) is 0 Å². The van der Waals surface area contributed by atoms with Crippen molar-refractivity contribution >= 4 is 11.8 Å². The number of carbonyl (C=O) groups is 1. The number of hydrogen-bond acceptors (Lipinski definition) is 4. The molecule has 0 aliphatic rings. The van der Waals surface area contributed by atoms with Crippen molar-refractivity contribution in [3.05, 3.63) is 24.0 Å².